The van der Waals surface area contributed by atoms with Crippen molar-refractivity contribution in [1.82, 2.24) is 18.7 Å². The van der Waals surface area contributed by atoms with E-state index < -0.39 is 5.54 Å². The van der Waals surface area contributed by atoms with E-state index in [-0.39, 0.29) is 0 Å². The maximum absolute atomic E-state index is 5.52. The minimum Gasteiger partial charge on any atom is -0.309 e. The normalized spacial score (nSPS) is 13.7. The molecule has 284 valence electrons. The van der Waals surface area contributed by atoms with Gasteiger partial charge in [0.2, 0.25) is 5.95 Å². The molecule has 0 saturated carbocycles. The molecule has 4 heterocycles. The molecule has 0 amide bonds. The molecule has 3 aromatic heterocycles. The number of aromatic nitrogens is 4. The van der Waals surface area contributed by atoms with E-state index in [1.807, 2.05) is 0 Å². The lowest BCUT2D eigenvalue weighted by atomic mass is 9.77. The highest BCUT2D eigenvalue weighted by Gasteiger charge is 2.53. The lowest BCUT2D eigenvalue weighted by Crippen LogP contribution is -2.42. The van der Waals surface area contributed by atoms with E-state index in [1.54, 1.807) is 0 Å². The van der Waals surface area contributed by atoms with E-state index in [0.717, 1.165) is 50.8 Å². The van der Waals surface area contributed by atoms with Crippen LogP contribution in [0, 0.1) is 0 Å². The molecule has 5 heteroatoms. The molecule has 1 aliphatic carbocycles. The third-order valence-corrected chi connectivity index (χ3v) is 13.4. The number of imidazole rings is 1. The van der Waals surface area contributed by atoms with E-state index >= 15 is 0 Å². The van der Waals surface area contributed by atoms with Crippen LogP contribution in [0.25, 0.3) is 77.1 Å². The third-order valence-electron chi connectivity index (χ3n) is 13.4. The van der Waals surface area contributed by atoms with Gasteiger partial charge in [-0.1, -0.05) is 140 Å². The number of nitrogens with zero attached hydrogens (tertiary/aromatic N) is 5. The molecule has 1 aliphatic heterocycles. The van der Waals surface area contributed by atoms with Crippen molar-refractivity contribution >= 4 is 72.0 Å². The van der Waals surface area contributed by atoms with Crippen molar-refractivity contribution in [2.45, 2.75) is 5.54 Å². The van der Waals surface area contributed by atoms with Gasteiger partial charge in [0.25, 0.3) is 0 Å². The second-order valence-corrected chi connectivity index (χ2v) is 16.3. The molecule has 0 unspecified atom stereocenters. The smallest absolute Gasteiger partial charge is 0.217 e. The summed E-state index contributed by atoms with van der Waals surface area (Å²) in [6.45, 7) is 0. The molecule has 5 nitrogen and oxygen atoms in total. The molecule has 61 heavy (non-hydrogen) atoms. The number of hydrogen-bond donors (Lipinski definition) is 0. The van der Waals surface area contributed by atoms with Crippen molar-refractivity contribution in [3.63, 3.8) is 0 Å². The maximum atomic E-state index is 5.52. The molecule has 0 atom stereocenters. The molecule has 14 rings (SSSR count). The summed E-state index contributed by atoms with van der Waals surface area (Å²) < 4.78 is 7.37. The zero-order chi connectivity index (χ0) is 39.8. The molecule has 2 aliphatic rings. The fourth-order valence-corrected chi connectivity index (χ4v) is 11.0. The third kappa shape index (κ3) is 4.17. The van der Waals surface area contributed by atoms with Gasteiger partial charge in [-0.05, 0) is 95.1 Å². The standard InChI is InChI=1S/C56H35N5/c1-2-16-36(17-3-1)60-54-35-38(30-32-47(54)56(61-53-29-15-11-25-48(53)57-55(60)61)45-23-9-4-18-39(45)40-19-5-10-24-46(40)56)59-51-28-14-8-22-43(51)44-34-37(31-33-52(44)59)58-49-26-12-6-20-41(49)42-21-7-13-27-50(42)58/h1-35H. The first-order chi connectivity index (χ1) is 30.3. The van der Waals surface area contributed by atoms with Gasteiger partial charge in [-0.15, -0.1) is 0 Å². The van der Waals surface area contributed by atoms with Gasteiger partial charge >= 0.3 is 0 Å². The van der Waals surface area contributed by atoms with Crippen molar-refractivity contribution in [3.8, 4) is 22.5 Å². The summed E-state index contributed by atoms with van der Waals surface area (Å²) in [7, 11) is 0. The molecule has 0 radical (unpaired) electrons. The first kappa shape index (κ1) is 32.8. The van der Waals surface area contributed by atoms with Crippen molar-refractivity contribution in [2.75, 3.05) is 4.90 Å². The summed E-state index contributed by atoms with van der Waals surface area (Å²) in [5, 5.41) is 4.95. The Morgan fingerprint density at radius 1 is 0.344 bits per heavy atom. The molecule has 1 spiro atoms. The second-order valence-electron chi connectivity index (χ2n) is 16.3. The Hall–Kier alpha value is -8.15. The number of fused-ring (bicyclic) bond motifs is 17. The number of para-hydroxylation sites is 6. The number of rotatable bonds is 3. The van der Waals surface area contributed by atoms with Gasteiger partial charge in [-0.3, -0.25) is 9.47 Å². The predicted octanol–water partition coefficient (Wildman–Crippen LogP) is 13.8. The molecular formula is C56H35N5. The van der Waals surface area contributed by atoms with Crippen LogP contribution in [0.15, 0.2) is 212 Å². The Bertz CT molecular complexity index is 3690. The maximum Gasteiger partial charge on any atom is 0.217 e. The summed E-state index contributed by atoms with van der Waals surface area (Å²) in [5.74, 6) is 0.890. The second kappa shape index (κ2) is 12.0. The number of benzene rings is 9. The summed E-state index contributed by atoms with van der Waals surface area (Å²) in [4.78, 5) is 7.90. The van der Waals surface area contributed by atoms with E-state index in [9.17, 15) is 0 Å². The quantitative estimate of drug-likeness (QED) is 0.179. The lowest BCUT2D eigenvalue weighted by molar-refractivity contribution is 0.533. The van der Waals surface area contributed by atoms with Gasteiger partial charge < -0.3 is 9.13 Å². The van der Waals surface area contributed by atoms with E-state index in [1.165, 1.54) is 60.4 Å². The Morgan fingerprint density at radius 3 is 1.49 bits per heavy atom. The molecule has 0 saturated heterocycles. The fourth-order valence-electron chi connectivity index (χ4n) is 11.0. The molecule has 12 aromatic rings. The average Bonchev–Trinajstić information content (AvgIpc) is 4.05. The van der Waals surface area contributed by atoms with Crippen molar-refractivity contribution in [1.29, 1.82) is 0 Å². The molecule has 0 N–H and O–H groups in total. The fraction of sp³-hybridized carbons (Fsp3) is 0.0179. The van der Waals surface area contributed by atoms with Gasteiger partial charge in [0, 0.05) is 44.2 Å². The van der Waals surface area contributed by atoms with E-state index in [0.29, 0.717) is 0 Å². The van der Waals surface area contributed by atoms with Crippen LogP contribution in [0.2, 0.25) is 0 Å². The zero-order valence-electron chi connectivity index (χ0n) is 32.9. The number of hydrogen-bond acceptors (Lipinski definition) is 2. The Balaban J connectivity index is 1.07. The van der Waals surface area contributed by atoms with Crippen LogP contribution in [0.3, 0.4) is 0 Å². The van der Waals surface area contributed by atoms with Crippen LogP contribution in [0.5, 0.6) is 0 Å². The van der Waals surface area contributed by atoms with Crippen molar-refractivity contribution in [2.24, 2.45) is 0 Å². The predicted molar refractivity (Wildman–Crippen MR) is 250 cm³/mol. The van der Waals surface area contributed by atoms with Gasteiger partial charge in [0.05, 0.1) is 38.8 Å². The summed E-state index contributed by atoms with van der Waals surface area (Å²) >= 11 is 0. The van der Waals surface area contributed by atoms with Crippen LogP contribution in [-0.2, 0) is 5.54 Å². The van der Waals surface area contributed by atoms with Crippen molar-refractivity contribution in [3.05, 3.63) is 229 Å². The highest BCUT2D eigenvalue weighted by molar-refractivity contribution is 6.12. The van der Waals surface area contributed by atoms with Crippen LogP contribution in [0.4, 0.5) is 17.3 Å². The monoisotopic (exact) mass is 777 g/mol. The van der Waals surface area contributed by atoms with Crippen LogP contribution in [-0.4, -0.2) is 18.7 Å². The summed E-state index contributed by atoms with van der Waals surface area (Å²) in [6.07, 6.45) is 0. The minimum absolute atomic E-state index is 0.671. The Morgan fingerprint density at radius 2 is 0.836 bits per heavy atom. The molecular weight excluding hydrogens is 743 g/mol. The van der Waals surface area contributed by atoms with Crippen molar-refractivity contribution < 1.29 is 0 Å². The topological polar surface area (TPSA) is 30.9 Å². The largest absolute Gasteiger partial charge is 0.309 e. The molecule has 0 bridgehead atoms. The van der Waals surface area contributed by atoms with Gasteiger partial charge in [0.15, 0.2) is 0 Å². The lowest BCUT2D eigenvalue weighted by Gasteiger charge is -2.44. The molecule has 0 fully saturated rings. The van der Waals surface area contributed by atoms with Crippen LogP contribution < -0.4 is 4.90 Å². The summed E-state index contributed by atoms with van der Waals surface area (Å²) in [5.41, 5.74) is 16.8. The Labute approximate surface area is 351 Å². The average molecular weight is 778 g/mol. The van der Waals surface area contributed by atoms with E-state index in [4.69, 9.17) is 4.98 Å². The first-order valence-electron chi connectivity index (χ1n) is 21.0. The van der Waals surface area contributed by atoms with Gasteiger partial charge in [-0.25, -0.2) is 4.98 Å². The SMILES string of the molecule is c1ccc(N2c3cc(-n4c5ccccc5c5cc(-n6c7ccccc7c7ccccc76)ccc54)ccc3C3(c4ccccc4-c4ccccc43)n3c2nc2ccccc23)cc1. The highest BCUT2D eigenvalue weighted by Crippen LogP contribution is 2.61. The van der Waals surface area contributed by atoms with Gasteiger partial charge in [-0.2, -0.15) is 0 Å². The minimum atomic E-state index is -0.671. The zero-order valence-corrected chi connectivity index (χ0v) is 32.9. The first-order valence-corrected chi connectivity index (χ1v) is 21.0. The molecule has 9 aromatic carbocycles. The highest BCUT2D eigenvalue weighted by atomic mass is 15.4. The number of anilines is 3. The summed E-state index contributed by atoms with van der Waals surface area (Å²) in [6, 6.07) is 77.7. The van der Waals surface area contributed by atoms with E-state index in [2.05, 4.69) is 231 Å². The van der Waals surface area contributed by atoms with Crippen LogP contribution >= 0.6 is 0 Å². The van der Waals surface area contributed by atoms with Crippen LogP contribution in [0.1, 0.15) is 16.7 Å². The Kier molecular flexibility index (Phi) is 6.43. The van der Waals surface area contributed by atoms with Gasteiger partial charge in [0.1, 0.15) is 5.54 Å².